The van der Waals surface area contributed by atoms with E-state index in [0.717, 1.165) is 18.7 Å². The summed E-state index contributed by atoms with van der Waals surface area (Å²) in [6.45, 7) is 6.59. The van der Waals surface area contributed by atoms with E-state index in [1.54, 1.807) is 18.2 Å². The Labute approximate surface area is 173 Å². The first-order valence-corrected chi connectivity index (χ1v) is 12.1. The minimum atomic E-state index is -3.61. The van der Waals surface area contributed by atoms with E-state index in [1.807, 2.05) is 11.8 Å². The molecule has 0 atom stereocenters. The molecule has 1 amide bonds. The maximum atomic E-state index is 13.2. The molecule has 0 N–H and O–H groups in total. The minimum absolute atomic E-state index is 0.0624. The van der Waals surface area contributed by atoms with Crippen LogP contribution in [0, 0.1) is 6.92 Å². The van der Waals surface area contributed by atoms with Crippen molar-refractivity contribution in [1.29, 1.82) is 0 Å². The zero-order valence-electron chi connectivity index (χ0n) is 17.2. The molecule has 0 radical (unpaired) electrons. The molecular formula is C21H31N3O4S. The molecule has 1 aromatic rings. The Morgan fingerprint density at radius 1 is 1.00 bits per heavy atom. The summed E-state index contributed by atoms with van der Waals surface area (Å²) in [6.07, 6.45) is 5.17. The topological polar surface area (TPSA) is 70.2 Å². The molecule has 7 nitrogen and oxygen atoms in total. The van der Waals surface area contributed by atoms with Crippen LogP contribution in [0.15, 0.2) is 23.1 Å². The van der Waals surface area contributed by atoms with Crippen LogP contribution in [0.25, 0.3) is 0 Å². The summed E-state index contributed by atoms with van der Waals surface area (Å²) in [6, 6.07) is 5.59. The van der Waals surface area contributed by atoms with Gasteiger partial charge in [0.15, 0.2) is 0 Å². The molecule has 1 aromatic carbocycles. The van der Waals surface area contributed by atoms with Crippen molar-refractivity contribution < 1.29 is 17.9 Å². The summed E-state index contributed by atoms with van der Waals surface area (Å²) < 4.78 is 32.7. The van der Waals surface area contributed by atoms with Gasteiger partial charge in [-0.1, -0.05) is 18.9 Å². The van der Waals surface area contributed by atoms with Crippen LogP contribution >= 0.6 is 0 Å². The van der Waals surface area contributed by atoms with Gasteiger partial charge in [-0.2, -0.15) is 4.31 Å². The number of carbonyl (C=O) groups excluding carboxylic acids is 1. The second-order valence-electron chi connectivity index (χ2n) is 8.26. The number of amides is 1. The Morgan fingerprint density at radius 3 is 2.31 bits per heavy atom. The van der Waals surface area contributed by atoms with Crippen LogP contribution in [-0.4, -0.2) is 87.0 Å². The van der Waals surface area contributed by atoms with Crippen LogP contribution in [0.5, 0.6) is 0 Å². The van der Waals surface area contributed by atoms with Gasteiger partial charge < -0.3 is 9.64 Å². The molecule has 4 rings (SSSR count). The Hall–Kier alpha value is -1.48. The minimum Gasteiger partial charge on any atom is -0.379 e. The fourth-order valence-electron chi connectivity index (χ4n) is 4.66. The second-order valence-corrected chi connectivity index (χ2v) is 10.2. The zero-order valence-corrected chi connectivity index (χ0v) is 18.0. The number of rotatable bonds is 4. The van der Waals surface area contributed by atoms with Gasteiger partial charge in [-0.15, -0.1) is 0 Å². The van der Waals surface area contributed by atoms with E-state index in [4.69, 9.17) is 4.74 Å². The summed E-state index contributed by atoms with van der Waals surface area (Å²) in [5.74, 6) is -0.0624. The Kier molecular flexibility index (Phi) is 6.24. The number of hydrogen-bond acceptors (Lipinski definition) is 5. The quantitative estimate of drug-likeness (QED) is 0.740. The third kappa shape index (κ3) is 4.35. The number of hydrogen-bond donors (Lipinski definition) is 0. The molecule has 8 heteroatoms. The Balaban J connectivity index is 1.48. The molecule has 2 saturated heterocycles. The maximum absolute atomic E-state index is 13.2. The van der Waals surface area contributed by atoms with Crippen LogP contribution < -0.4 is 0 Å². The molecule has 1 aliphatic carbocycles. The summed E-state index contributed by atoms with van der Waals surface area (Å²) in [5.41, 5.74) is 1.31. The lowest BCUT2D eigenvalue weighted by atomic mass is 10.1. The first-order chi connectivity index (χ1) is 14.0. The lowest BCUT2D eigenvalue weighted by Crippen LogP contribution is -2.51. The largest absolute Gasteiger partial charge is 0.379 e. The molecule has 29 heavy (non-hydrogen) atoms. The smallest absolute Gasteiger partial charge is 0.254 e. The van der Waals surface area contributed by atoms with Crippen molar-refractivity contribution >= 4 is 15.9 Å². The molecule has 3 fully saturated rings. The normalized spacial score (nSPS) is 22.9. The lowest BCUT2D eigenvalue weighted by Gasteiger charge is -2.38. The number of morpholine rings is 1. The number of benzene rings is 1. The molecule has 3 aliphatic rings. The molecule has 2 aliphatic heterocycles. The number of nitrogens with zero attached hydrogens (tertiary/aromatic N) is 3. The highest BCUT2D eigenvalue weighted by Crippen LogP contribution is 2.26. The van der Waals surface area contributed by atoms with Crippen molar-refractivity contribution in [3.63, 3.8) is 0 Å². The number of sulfonamides is 1. The highest BCUT2D eigenvalue weighted by Gasteiger charge is 2.31. The third-order valence-electron chi connectivity index (χ3n) is 6.49. The molecule has 160 valence electrons. The molecule has 0 aromatic heterocycles. The first-order valence-electron chi connectivity index (χ1n) is 10.7. The highest BCUT2D eigenvalue weighted by atomic mass is 32.2. The SMILES string of the molecule is Cc1ccc(S(=O)(=O)N2CCOCC2)cc1C(=O)N1CCN(C2CCCC2)CC1. The predicted octanol–water partition coefficient (Wildman–Crippen LogP) is 1.72. The summed E-state index contributed by atoms with van der Waals surface area (Å²) in [4.78, 5) is 17.8. The summed E-state index contributed by atoms with van der Waals surface area (Å²) >= 11 is 0. The van der Waals surface area contributed by atoms with Crippen LogP contribution in [0.3, 0.4) is 0 Å². The van der Waals surface area contributed by atoms with Crippen molar-refractivity contribution in [2.75, 3.05) is 52.5 Å². The van der Waals surface area contributed by atoms with Gasteiger partial charge in [0.2, 0.25) is 10.0 Å². The fraction of sp³-hybridized carbons (Fsp3) is 0.667. The van der Waals surface area contributed by atoms with E-state index in [-0.39, 0.29) is 10.8 Å². The zero-order chi connectivity index (χ0) is 20.4. The average molecular weight is 422 g/mol. The number of ether oxygens (including phenoxy) is 1. The van der Waals surface area contributed by atoms with Gasteiger partial charge in [-0.05, 0) is 37.5 Å². The number of aryl methyl sites for hydroxylation is 1. The first kappa shape index (κ1) is 20.8. The van der Waals surface area contributed by atoms with Gasteiger partial charge in [-0.25, -0.2) is 8.42 Å². The van der Waals surface area contributed by atoms with E-state index < -0.39 is 10.0 Å². The van der Waals surface area contributed by atoms with Crippen molar-refractivity contribution in [2.24, 2.45) is 0 Å². The van der Waals surface area contributed by atoms with Crippen LogP contribution in [0.4, 0.5) is 0 Å². The maximum Gasteiger partial charge on any atom is 0.254 e. The van der Waals surface area contributed by atoms with Crippen molar-refractivity contribution in [1.82, 2.24) is 14.1 Å². The molecule has 1 saturated carbocycles. The average Bonchev–Trinajstić information content (AvgIpc) is 3.29. The van der Waals surface area contributed by atoms with Crippen LogP contribution in [0.1, 0.15) is 41.6 Å². The summed E-state index contributed by atoms with van der Waals surface area (Å²) in [5, 5.41) is 0. The van der Waals surface area contributed by atoms with Crippen molar-refractivity contribution in [3.8, 4) is 0 Å². The predicted molar refractivity (Wildman–Crippen MR) is 110 cm³/mol. The van der Waals surface area contributed by atoms with E-state index in [1.165, 1.54) is 30.0 Å². The van der Waals surface area contributed by atoms with Gasteiger partial charge in [0.1, 0.15) is 0 Å². The Morgan fingerprint density at radius 2 is 1.66 bits per heavy atom. The molecule has 0 bridgehead atoms. The molecule has 0 spiro atoms. The lowest BCUT2D eigenvalue weighted by molar-refractivity contribution is 0.0572. The van der Waals surface area contributed by atoms with Gasteiger partial charge >= 0.3 is 0 Å². The van der Waals surface area contributed by atoms with Gasteiger partial charge in [-0.3, -0.25) is 9.69 Å². The van der Waals surface area contributed by atoms with E-state index in [2.05, 4.69) is 4.90 Å². The van der Waals surface area contributed by atoms with Gasteiger partial charge in [0, 0.05) is 50.9 Å². The number of piperazine rings is 1. The van der Waals surface area contributed by atoms with E-state index >= 15 is 0 Å². The molecule has 2 heterocycles. The Bertz CT molecular complexity index is 837. The fourth-order valence-corrected chi connectivity index (χ4v) is 6.09. The van der Waals surface area contributed by atoms with E-state index in [0.29, 0.717) is 51.0 Å². The third-order valence-corrected chi connectivity index (χ3v) is 8.38. The van der Waals surface area contributed by atoms with E-state index in [9.17, 15) is 13.2 Å². The van der Waals surface area contributed by atoms with Gasteiger partial charge in [0.05, 0.1) is 18.1 Å². The second kappa shape index (κ2) is 8.71. The highest BCUT2D eigenvalue weighted by molar-refractivity contribution is 7.89. The van der Waals surface area contributed by atoms with Gasteiger partial charge in [0.25, 0.3) is 5.91 Å². The monoisotopic (exact) mass is 421 g/mol. The van der Waals surface area contributed by atoms with Crippen LogP contribution in [0.2, 0.25) is 0 Å². The molecule has 0 unspecified atom stereocenters. The van der Waals surface area contributed by atoms with Crippen molar-refractivity contribution in [2.45, 2.75) is 43.5 Å². The molecular weight excluding hydrogens is 390 g/mol. The van der Waals surface area contributed by atoms with Crippen LogP contribution in [-0.2, 0) is 14.8 Å². The number of carbonyl (C=O) groups is 1. The van der Waals surface area contributed by atoms with Crippen molar-refractivity contribution in [3.05, 3.63) is 29.3 Å². The standard InChI is InChI=1S/C21H31N3O4S/c1-17-6-7-19(29(26,27)24-12-14-28-15-13-24)16-20(17)21(25)23-10-8-22(9-11-23)18-4-2-3-5-18/h6-7,16,18H,2-5,8-15H2,1H3. The summed E-state index contributed by atoms with van der Waals surface area (Å²) in [7, 11) is -3.61.